The number of ether oxygens (including phenoxy) is 1. The number of methoxy groups -OCH3 is 1. The van der Waals surface area contributed by atoms with E-state index in [1.807, 2.05) is 24.3 Å². The Kier molecular flexibility index (Phi) is 6.86. The molecule has 29 heavy (non-hydrogen) atoms. The summed E-state index contributed by atoms with van der Waals surface area (Å²) < 4.78 is 5.33. The molecule has 1 aliphatic rings. The zero-order chi connectivity index (χ0) is 20.8. The van der Waals surface area contributed by atoms with Crippen LogP contribution in [0.25, 0.3) is 0 Å². The number of carbonyl (C=O) groups is 2. The van der Waals surface area contributed by atoms with Gasteiger partial charge in [0.05, 0.1) is 11.6 Å². The van der Waals surface area contributed by atoms with Gasteiger partial charge in [-0.2, -0.15) is 4.98 Å². The van der Waals surface area contributed by atoms with Crippen molar-refractivity contribution in [2.24, 2.45) is 0 Å². The number of benzene rings is 1. The fraction of sp³-hybridized carbons (Fsp3) is 0.368. The summed E-state index contributed by atoms with van der Waals surface area (Å²) in [5, 5.41) is 9.00. The minimum Gasteiger partial charge on any atom is -0.467 e. The van der Waals surface area contributed by atoms with Crippen molar-refractivity contribution in [3.8, 4) is 0 Å². The Morgan fingerprint density at radius 3 is 2.69 bits per heavy atom. The lowest BCUT2D eigenvalue weighted by molar-refractivity contribution is -0.141. The van der Waals surface area contributed by atoms with Crippen molar-refractivity contribution in [2.75, 3.05) is 36.1 Å². The van der Waals surface area contributed by atoms with Crippen LogP contribution in [0.4, 0.5) is 27.9 Å². The highest BCUT2D eigenvalue weighted by Crippen LogP contribution is 2.24. The van der Waals surface area contributed by atoms with Crippen LogP contribution in [0.3, 0.4) is 0 Å². The molecule has 10 heteroatoms. The smallest absolute Gasteiger partial charge is 0.328 e. The maximum atomic E-state index is 12.3. The lowest BCUT2D eigenvalue weighted by atomic mass is 10.3. The first-order valence-electron chi connectivity index (χ1n) is 9.26. The summed E-state index contributed by atoms with van der Waals surface area (Å²) >= 11 is 3.37. The number of esters is 1. The Hall–Kier alpha value is -2.88. The molecule has 1 unspecified atom stereocenters. The Labute approximate surface area is 177 Å². The summed E-state index contributed by atoms with van der Waals surface area (Å²) in [4.78, 5) is 34.3. The number of aromatic nitrogens is 2. The molecule has 1 aromatic heterocycles. The molecule has 0 bridgehead atoms. The van der Waals surface area contributed by atoms with Crippen LogP contribution in [0.1, 0.15) is 19.8 Å². The average Bonchev–Trinajstić information content (AvgIpc) is 3.25. The zero-order valence-electron chi connectivity index (χ0n) is 16.2. The Balaban J connectivity index is 1.68. The topological polar surface area (TPSA) is 108 Å². The van der Waals surface area contributed by atoms with Gasteiger partial charge < -0.3 is 25.6 Å². The monoisotopic (exact) mass is 462 g/mol. The molecule has 3 rings (SSSR count). The van der Waals surface area contributed by atoms with Crippen molar-refractivity contribution >= 4 is 51.1 Å². The van der Waals surface area contributed by atoms with Gasteiger partial charge in [-0.1, -0.05) is 6.07 Å². The molecular weight excluding hydrogens is 440 g/mol. The van der Waals surface area contributed by atoms with Crippen LogP contribution in [-0.2, 0) is 9.53 Å². The van der Waals surface area contributed by atoms with Gasteiger partial charge in [0.1, 0.15) is 11.9 Å². The fourth-order valence-corrected chi connectivity index (χ4v) is 3.20. The molecule has 9 nitrogen and oxygen atoms in total. The maximum Gasteiger partial charge on any atom is 0.328 e. The van der Waals surface area contributed by atoms with Gasteiger partial charge in [-0.05, 0) is 53.9 Å². The van der Waals surface area contributed by atoms with Gasteiger partial charge in [-0.25, -0.2) is 14.6 Å². The van der Waals surface area contributed by atoms with Crippen LogP contribution in [0.2, 0.25) is 0 Å². The lowest BCUT2D eigenvalue weighted by Gasteiger charge is -2.17. The number of nitrogens with zero attached hydrogens (tertiary/aromatic N) is 3. The summed E-state index contributed by atoms with van der Waals surface area (Å²) in [6.45, 7) is 3.26. The van der Waals surface area contributed by atoms with Gasteiger partial charge in [0.15, 0.2) is 0 Å². The molecule has 1 aromatic carbocycles. The van der Waals surface area contributed by atoms with Crippen LogP contribution in [0.15, 0.2) is 34.9 Å². The Bertz CT molecular complexity index is 888. The molecule has 0 aliphatic carbocycles. The summed E-state index contributed by atoms with van der Waals surface area (Å²) in [6, 6.07) is 6.65. The molecule has 2 amide bonds. The van der Waals surface area contributed by atoms with E-state index in [1.165, 1.54) is 7.11 Å². The lowest BCUT2D eigenvalue weighted by Crippen LogP contribution is -2.32. The van der Waals surface area contributed by atoms with Gasteiger partial charge >= 0.3 is 12.0 Å². The highest BCUT2D eigenvalue weighted by molar-refractivity contribution is 9.10. The number of urea groups is 1. The summed E-state index contributed by atoms with van der Waals surface area (Å²) in [5.41, 5.74) is 1.40. The third-order valence-corrected chi connectivity index (χ3v) is 5.00. The van der Waals surface area contributed by atoms with E-state index in [0.29, 0.717) is 21.9 Å². The molecule has 1 atom stereocenters. The average molecular weight is 463 g/mol. The second-order valence-corrected chi connectivity index (χ2v) is 7.46. The first-order chi connectivity index (χ1) is 14.0. The largest absolute Gasteiger partial charge is 0.467 e. The normalized spacial score (nSPS) is 14.2. The molecule has 0 saturated carbocycles. The third-order valence-electron chi connectivity index (χ3n) is 4.42. The van der Waals surface area contributed by atoms with Gasteiger partial charge in [-0.15, -0.1) is 0 Å². The van der Waals surface area contributed by atoms with Crippen molar-refractivity contribution in [1.82, 2.24) is 14.9 Å². The van der Waals surface area contributed by atoms with E-state index < -0.39 is 12.0 Å². The summed E-state index contributed by atoms with van der Waals surface area (Å²) in [7, 11) is 1.33. The highest BCUT2D eigenvalue weighted by atomic mass is 79.9. The molecule has 2 aromatic rings. The molecule has 1 saturated heterocycles. The van der Waals surface area contributed by atoms with Crippen molar-refractivity contribution in [2.45, 2.75) is 25.8 Å². The van der Waals surface area contributed by atoms with Crippen molar-refractivity contribution in [3.05, 3.63) is 34.9 Å². The Morgan fingerprint density at radius 2 is 1.97 bits per heavy atom. The minimum absolute atomic E-state index is 0.0946. The first-order valence-corrected chi connectivity index (χ1v) is 10.1. The molecule has 2 heterocycles. The third kappa shape index (κ3) is 5.57. The molecule has 3 N–H and O–H groups in total. The van der Waals surface area contributed by atoms with Crippen LogP contribution >= 0.6 is 15.9 Å². The number of halogens is 1. The van der Waals surface area contributed by atoms with E-state index >= 15 is 0 Å². The van der Waals surface area contributed by atoms with Gasteiger partial charge in [-0.3, -0.25) is 0 Å². The molecule has 0 radical (unpaired) electrons. The standard InChI is InChI=1S/C19H23BrN6O3/c1-12(17(27)29-2)22-16-15(20)11-21-18(25-16)23-13-6-5-7-14(10-13)24-19(28)26-8-3-4-9-26/h5-7,10-12H,3-4,8-9H2,1-2H3,(H,24,28)(H2,21,22,23,25). The SMILES string of the molecule is COC(=O)C(C)Nc1nc(Nc2cccc(NC(=O)N3CCCC3)c2)ncc1Br. The second kappa shape index (κ2) is 9.55. The van der Waals surface area contributed by atoms with Crippen LogP contribution in [-0.4, -0.2) is 53.1 Å². The van der Waals surface area contributed by atoms with Crippen LogP contribution < -0.4 is 16.0 Å². The number of anilines is 4. The van der Waals surface area contributed by atoms with E-state index in [-0.39, 0.29) is 6.03 Å². The number of hydrogen-bond acceptors (Lipinski definition) is 7. The van der Waals surface area contributed by atoms with Crippen LogP contribution in [0.5, 0.6) is 0 Å². The van der Waals surface area contributed by atoms with Gasteiger partial charge in [0.25, 0.3) is 0 Å². The zero-order valence-corrected chi connectivity index (χ0v) is 17.8. The van der Waals surface area contributed by atoms with Crippen molar-refractivity contribution < 1.29 is 14.3 Å². The second-order valence-electron chi connectivity index (χ2n) is 6.61. The molecular formula is C19H23BrN6O3. The van der Waals surface area contributed by atoms with Crippen molar-refractivity contribution in [3.63, 3.8) is 0 Å². The van der Waals surface area contributed by atoms with E-state index in [9.17, 15) is 9.59 Å². The quantitative estimate of drug-likeness (QED) is 0.562. The number of nitrogens with one attached hydrogen (secondary N) is 3. The number of amides is 2. The number of hydrogen-bond donors (Lipinski definition) is 3. The van der Waals surface area contributed by atoms with E-state index in [0.717, 1.165) is 31.6 Å². The predicted octanol–water partition coefficient (Wildman–Crippen LogP) is 3.58. The first kappa shape index (κ1) is 20.8. The molecule has 1 fully saturated rings. The Morgan fingerprint density at radius 1 is 1.24 bits per heavy atom. The van der Waals surface area contributed by atoms with E-state index in [1.54, 1.807) is 18.0 Å². The van der Waals surface area contributed by atoms with E-state index in [2.05, 4.69) is 41.8 Å². The number of carbonyl (C=O) groups excluding carboxylic acids is 2. The maximum absolute atomic E-state index is 12.3. The molecule has 1 aliphatic heterocycles. The van der Waals surface area contributed by atoms with Gasteiger partial charge in [0.2, 0.25) is 5.95 Å². The van der Waals surface area contributed by atoms with Crippen LogP contribution in [0, 0.1) is 0 Å². The molecule has 154 valence electrons. The van der Waals surface area contributed by atoms with E-state index in [4.69, 9.17) is 4.74 Å². The van der Waals surface area contributed by atoms with Crippen molar-refractivity contribution in [1.29, 1.82) is 0 Å². The highest BCUT2D eigenvalue weighted by Gasteiger charge is 2.18. The predicted molar refractivity (Wildman–Crippen MR) is 114 cm³/mol. The summed E-state index contributed by atoms with van der Waals surface area (Å²) in [6.07, 6.45) is 3.67. The van der Waals surface area contributed by atoms with Gasteiger partial charge in [0, 0.05) is 30.7 Å². The molecule has 0 spiro atoms. The fourth-order valence-electron chi connectivity index (χ4n) is 2.90. The number of likely N-dealkylation sites (tertiary alicyclic amines) is 1. The summed E-state index contributed by atoms with van der Waals surface area (Å²) in [5.74, 6) is 0.404. The minimum atomic E-state index is -0.567. The number of rotatable bonds is 6.